The molecule has 0 aliphatic carbocycles. The molecule has 0 heterocycles. The summed E-state index contributed by atoms with van der Waals surface area (Å²) in [5, 5.41) is 3.26. The molecular formula is C21H17Cl2IN2O3S. The number of carbonyl (C=O) groups excluding carboxylic acids is 1. The van der Waals surface area contributed by atoms with Crippen LogP contribution in [0.2, 0.25) is 10.0 Å². The van der Waals surface area contributed by atoms with E-state index >= 15 is 0 Å². The Hall–Kier alpha value is -1.81. The molecule has 0 spiro atoms. The molecule has 5 nitrogen and oxygen atoms in total. The number of rotatable bonds is 6. The van der Waals surface area contributed by atoms with E-state index in [0.29, 0.717) is 5.69 Å². The predicted molar refractivity (Wildman–Crippen MR) is 130 cm³/mol. The van der Waals surface area contributed by atoms with Crippen LogP contribution >= 0.6 is 45.8 Å². The van der Waals surface area contributed by atoms with Crippen LogP contribution in [0, 0.1) is 10.5 Å². The largest absolute Gasteiger partial charge is 0.324 e. The third-order valence-corrected chi connectivity index (χ3v) is 7.47. The van der Waals surface area contributed by atoms with Gasteiger partial charge in [-0.25, -0.2) is 8.42 Å². The molecule has 0 aliphatic heterocycles. The van der Waals surface area contributed by atoms with E-state index in [1.807, 2.05) is 19.1 Å². The molecule has 1 N–H and O–H groups in total. The summed E-state index contributed by atoms with van der Waals surface area (Å²) in [5.74, 6) is -0.482. The third kappa shape index (κ3) is 5.26. The minimum absolute atomic E-state index is 0.0642. The molecule has 0 unspecified atom stereocenters. The second kappa shape index (κ2) is 9.55. The van der Waals surface area contributed by atoms with E-state index in [4.69, 9.17) is 23.2 Å². The summed E-state index contributed by atoms with van der Waals surface area (Å²) >= 11 is 14.3. The van der Waals surface area contributed by atoms with Gasteiger partial charge in [0.1, 0.15) is 6.54 Å². The van der Waals surface area contributed by atoms with Crippen LogP contribution in [0.25, 0.3) is 0 Å². The number of carbonyl (C=O) groups is 1. The first-order valence-electron chi connectivity index (χ1n) is 8.77. The van der Waals surface area contributed by atoms with Crippen molar-refractivity contribution in [2.75, 3.05) is 16.2 Å². The maximum atomic E-state index is 13.3. The van der Waals surface area contributed by atoms with Crippen molar-refractivity contribution in [3.8, 4) is 0 Å². The van der Waals surface area contributed by atoms with Crippen LogP contribution in [0.1, 0.15) is 5.56 Å². The van der Waals surface area contributed by atoms with Crippen molar-refractivity contribution in [1.29, 1.82) is 0 Å². The molecule has 3 aromatic carbocycles. The van der Waals surface area contributed by atoms with Crippen molar-refractivity contribution in [2.24, 2.45) is 0 Å². The Morgan fingerprint density at radius 1 is 1.00 bits per heavy atom. The molecule has 0 aliphatic rings. The molecule has 3 aromatic rings. The molecule has 3 rings (SSSR count). The fraction of sp³-hybridized carbons (Fsp3) is 0.0952. The molecule has 0 aromatic heterocycles. The molecule has 30 heavy (non-hydrogen) atoms. The lowest BCUT2D eigenvalue weighted by Gasteiger charge is -2.24. The minimum atomic E-state index is -4.02. The quantitative estimate of drug-likeness (QED) is 0.382. The first kappa shape index (κ1) is 22.9. The summed E-state index contributed by atoms with van der Waals surface area (Å²) in [7, 11) is -4.02. The molecule has 0 fully saturated rings. The van der Waals surface area contributed by atoms with E-state index < -0.39 is 22.5 Å². The number of anilines is 2. The number of hydrogen-bond donors (Lipinski definition) is 1. The summed E-state index contributed by atoms with van der Waals surface area (Å²) in [4.78, 5) is 12.8. The lowest BCUT2D eigenvalue weighted by atomic mass is 10.2. The first-order valence-corrected chi connectivity index (χ1v) is 12.0. The highest BCUT2D eigenvalue weighted by atomic mass is 127. The molecule has 0 radical (unpaired) electrons. The Bertz CT molecular complexity index is 1190. The zero-order valence-electron chi connectivity index (χ0n) is 15.8. The van der Waals surface area contributed by atoms with Crippen LogP contribution in [0.4, 0.5) is 11.4 Å². The van der Waals surface area contributed by atoms with Gasteiger partial charge in [0.05, 0.1) is 20.6 Å². The van der Waals surface area contributed by atoms with Crippen molar-refractivity contribution in [2.45, 2.75) is 11.8 Å². The number of aryl methyl sites for hydroxylation is 1. The molecule has 0 saturated heterocycles. The third-order valence-electron chi connectivity index (χ3n) is 4.27. The van der Waals surface area contributed by atoms with Gasteiger partial charge in [0.2, 0.25) is 5.91 Å². The highest BCUT2D eigenvalue weighted by Gasteiger charge is 2.27. The molecular weight excluding hydrogens is 558 g/mol. The Morgan fingerprint density at radius 3 is 2.33 bits per heavy atom. The SMILES string of the molecule is Cc1cc(I)ccc1NC(=O)CN(c1ccc(Cl)c(Cl)c1)S(=O)(=O)c1ccccc1. The van der Waals surface area contributed by atoms with Gasteiger partial charge < -0.3 is 5.32 Å². The highest BCUT2D eigenvalue weighted by Crippen LogP contribution is 2.30. The number of benzene rings is 3. The van der Waals surface area contributed by atoms with Gasteiger partial charge >= 0.3 is 0 Å². The fourth-order valence-corrected chi connectivity index (χ4v) is 5.14. The van der Waals surface area contributed by atoms with E-state index in [1.54, 1.807) is 24.3 Å². The van der Waals surface area contributed by atoms with E-state index in [-0.39, 0.29) is 20.6 Å². The van der Waals surface area contributed by atoms with Crippen LogP contribution in [-0.4, -0.2) is 20.9 Å². The molecule has 0 bridgehead atoms. The van der Waals surface area contributed by atoms with Crippen LogP contribution in [-0.2, 0) is 14.8 Å². The second-order valence-electron chi connectivity index (χ2n) is 6.43. The summed E-state index contributed by atoms with van der Waals surface area (Å²) in [5.41, 5.74) is 1.73. The summed E-state index contributed by atoms with van der Waals surface area (Å²) in [6, 6.07) is 17.9. The van der Waals surface area contributed by atoms with Crippen molar-refractivity contribution in [1.82, 2.24) is 0 Å². The average molecular weight is 575 g/mol. The smallest absolute Gasteiger partial charge is 0.264 e. The normalized spacial score (nSPS) is 11.2. The lowest BCUT2D eigenvalue weighted by Crippen LogP contribution is -2.38. The van der Waals surface area contributed by atoms with Gasteiger partial charge in [-0.1, -0.05) is 41.4 Å². The Balaban J connectivity index is 1.97. The van der Waals surface area contributed by atoms with Gasteiger partial charge in [-0.3, -0.25) is 9.10 Å². The minimum Gasteiger partial charge on any atom is -0.324 e. The number of halogens is 3. The Morgan fingerprint density at radius 2 is 1.70 bits per heavy atom. The van der Waals surface area contributed by atoms with Gasteiger partial charge in [-0.2, -0.15) is 0 Å². The average Bonchev–Trinajstić information content (AvgIpc) is 2.71. The molecule has 9 heteroatoms. The zero-order chi connectivity index (χ0) is 21.9. The van der Waals surface area contributed by atoms with Crippen LogP contribution in [0.15, 0.2) is 71.6 Å². The summed E-state index contributed by atoms with van der Waals surface area (Å²) in [6.45, 7) is 1.44. The van der Waals surface area contributed by atoms with Crippen molar-refractivity contribution >= 4 is 73.1 Å². The topological polar surface area (TPSA) is 66.5 Å². The van der Waals surface area contributed by atoms with Crippen LogP contribution < -0.4 is 9.62 Å². The first-order chi connectivity index (χ1) is 14.2. The van der Waals surface area contributed by atoms with Gasteiger partial charge in [0.15, 0.2) is 0 Å². The van der Waals surface area contributed by atoms with Crippen LogP contribution in [0.5, 0.6) is 0 Å². The highest BCUT2D eigenvalue weighted by molar-refractivity contribution is 14.1. The van der Waals surface area contributed by atoms with E-state index in [9.17, 15) is 13.2 Å². The fourth-order valence-electron chi connectivity index (χ4n) is 2.76. The van der Waals surface area contributed by atoms with Crippen molar-refractivity contribution in [3.63, 3.8) is 0 Å². The number of nitrogens with one attached hydrogen (secondary N) is 1. The maximum absolute atomic E-state index is 13.3. The Kier molecular flexibility index (Phi) is 7.28. The molecule has 0 saturated carbocycles. The van der Waals surface area contributed by atoms with Crippen LogP contribution in [0.3, 0.4) is 0 Å². The predicted octanol–water partition coefficient (Wildman–Crippen LogP) is 5.74. The monoisotopic (exact) mass is 574 g/mol. The number of nitrogens with zero attached hydrogens (tertiary/aromatic N) is 1. The number of amides is 1. The summed E-state index contributed by atoms with van der Waals surface area (Å²) in [6.07, 6.45) is 0. The van der Waals surface area contributed by atoms with Gasteiger partial charge in [-0.05, 0) is 83.6 Å². The molecule has 156 valence electrons. The van der Waals surface area contributed by atoms with Gasteiger partial charge in [0.25, 0.3) is 10.0 Å². The van der Waals surface area contributed by atoms with Gasteiger partial charge in [0, 0.05) is 9.26 Å². The zero-order valence-corrected chi connectivity index (χ0v) is 20.3. The van der Waals surface area contributed by atoms with E-state index in [1.165, 1.54) is 30.3 Å². The maximum Gasteiger partial charge on any atom is 0.264 e. The molecule has 0 atom stereocenters. The lowest BCUT2D eigenvalue weighted by molar-refractivity contribution is -0.114. The Labute approximate surface area is 199 Å². The van der Waals surface area contributed by atoms with Crippen molar-refractivity contribution in [3.05, 3.63) is 85.9 Å². The summed E-state index contributed by atoms with van der Waals surface area (Å²) < 4.78 is 28.6. The van der Waals surface area contributed by atoms with Gasteiger partial charge in [-0.15, -0.1) is 0 Å². The number of sulfonamides is 1. The van der Waals surface area contributed by atoms with E-state index in [2.05, 4.69) is 27.9 Å². The molecule has 1 amide bonds. The number of hydrogen-bond acceptors (Lipinski definition) is 3. The van der Waals surface area contributed by atoms with E-state index in [0.717, 1.165) is 13.4 Å². The standard InChI is InChI=1S/C21H17Cl2IN2O3S/c1-14-11-15(24)7-10-20(14)25-21(27)13-26(16-8-9-18(22)19(23)12-16)30(28,29)17-5-3-2-4-6-17/h2-12H,13H2,1H3,(H,25,27). The van der Waals surface area contributed by atoms with Crippen molar-refractivity contribution < 1.29 is 13.2 Å². The second-order valence-corrected chi connectivity index (χ2v) is 10.4.